The molecule has 2 atom stereocenters. The summed E-state index contributed by atoms with van der Waals surface area (Å²) in [5.41, 5.74) is 0.347. The van der Waals surface area contributed by atoms with Crippen LogP contribution in [0.5, 0.6) is 0 Å². The van der Waals surface area contributed by atoms with E-state index in [4.69, 9.17) is 9.84 Å². The van der Waals surface area contributed by atoms with Crippen molar-refractivity contribution in [2.24, 2.45) is 0 Å². The Balaban J connectivity index is 2.02. The lowest BCUT2D eigenvalue weighted by atomic mass is 10.1. The summed E-state index contributed by atoms with van der Waals surface area (Å²) in [6.45, 7) is -0.132. The number of rotatable bonds is 3. The van der Waals surface area contributed by atoms with Crippen molar-refractivity contribution in [1.82, 2.24) is 4.90 Å². The summed E-state index contributed by atoms with van der Waals surface area (Å²) in [5, 5.41) is 9.06. The topological polar surface area (TPSA) is 32.7 Å². The van der Waals surface area contributed by atoms with Gasteiger partial charge in [-0.1, -0.05) is 6.07 Å². The molecule has 1 unspecified atom stereocenters. The first-order chi connectivity index (χ1) is 9.77. The van der Waals surface area contributed by atoms with E-state index < -0.39 is 36.6 Å². The summed E-state index contributed by atoms with van der Waals surface area (Å²) in [6, 6.07) is 3.23. The zero-order valence-electron chi connectivity index (χ0n) is 10.9. The number of hydrogen-bond donors (Lipinski definition) is 1. The Bertz CT molecular complexity index is 494. The summed E-state index contributed by atoms with van der Waals surface area (Å²) >= 11 is 0. The number of morpholine rings is 1. The van der Waals surface area contributed by atoms with E-state index in [0.717, 1.165) is 12.1 Å². The van der Waals surface area contributed by atoms with Crippen LogP contribution in [-0.2, 0) is 4.74 Å². The highest BCUT2D eigenvalue weighted by Gasteiger charge is 2.39. The Labute approximate surface area is 117 Å². The molecule has 0 spiro atoms. The van der Waals surface area contributed by atoms with Gasteiger partial charge < -0.3 is 9.84 Å². The highest BCUT2D eigenvalue weighted by molar-refractivity contribution is 5.21. The van der Waals surface area contributed by atoms with Gasteiger partial charge in [-0.25, -0.2) is 8.78 Å². The first-order valence-corrected chi connectivity index (χ1v) is 6.31. The summed E-state index contributed by atoms with van der Waals surface area (Å²) in [6.07, 6.45) is -7.79. The number of aliphatic hydroxyl groups excluding tert-OH is 1. The maximum absolute atomic E-state index is 13.2. The van der Waals surface area contributed by atoms with Gasteiger partial charge in [-0.2, -0.15) is 13.2 Å². The summed E-state index contributed by atoms with van der Waals surface area (Å²) in [7, 11) is 0. The second kappa shape index (κ2) is 6.25. The van der Waals surface area contributed by atoms with Crippen LogP contribution in [0.3, 0.4) is 0 Å². The van der Waals surface area contributed by atoms with Crippen molar-refractivity contribution in [1.29, 1.82) is 0 Å². The molecule has 0 bridgehead atoms. The maximum atomic E-state index is 13.2. The third-order valence-corrected chi connectivity index (χ3v) is 3.27. The quantitative estimate of drug-likeness (QED) is 0.869. The lowest BCUT2D eigenvalue weighted by Gasteiger charge is -2.34. The van der Waals surface area contributed by atoms with Crippen LogP contribution in [0, 0.1) is 11.6 Å². The first-order valence-electron chi connectivity index (χ1n) is 6.31. The van der Waals surface area contributed by atoms with E-state index in [2.05, 4.69) is 0 Å². The average Bonchev–Trinajstić information content (AvgIpc) is 2.41. The average molecular weight is 311 g/mol. The molecule has 1 aliphatic rings. The Morgan fingerprint density at radius 3 is 2.62 bits per heavy atom. The monoisotopic (exact) mass is 311 g/mol. The van der Waals surface area contributed by atoms with Gasteiger partial charge in [0.2, 0.25) is 0 Å². The van der Waals surface area contributed by atoms with Crippen LogP contribution in [0.2, 0.25) is 0 Å². The van der Waals surface area contributed by atoms with Crippen molar-refractivity contribution in [3.63, 3.8) is 0 Å². The maximum Gasteiger partial charge on any atom is 0.415 e. The van der Waals surface area contributed by atoms with E-state index in [1.165, 1.54) is 11.0 Å². The lowest BCUT2D eigenvalue weighted by Crippen LogP contribution is -2.46. The van der Waals surface area contributed by atoms with Crippen molar-refractivity contribution in [2.45, 2.75) is 18.4 Å². The van der Waals surface area contributed by atoms with Gasteiger partial charge in [0.25, 0.3) is 0 Å². The number of alkyl halides is 3. The SMILES string of the molecule is O[C@@H](CN1CCOC(c2ccc(F)c(F)c2)C1)C(F)(F)F. The van der Waals surface area contributed by atoms with Gasteiger partial charge in [-0.15, -0.1) is 0 Å². The molecule has 1 saturated heterocycles. The zero-order valence-corrected chi connectivity index (χ0v) is 10.9. The summed E-state index contributed by atoms with van der Waals surface area (Å²) < 4.78 is 68.4. The molecule has 0 amide bonds. The van der Waals surface area contributed by atoms with E-state index in [-0.39, 0.29) is 19.7 Å². The highest BCUT2D eigenvalue weighted by Crippen LogP contribution is 2.26. The summed E-state index contributed by atoms with van der Waals surface area (Å²) in [5.74, 6) is -2.04. The third-order valence-electron chi connectivity index (χ3n) is 3.27. The molecular formula is C13H14F5NO2. The molecule has 0 radical (unpaired) electrons. The Morgan fingerprint density at radius 2 is 2.00 bits per heavy atom. The van der Waals surface area contributed by atoms with E-state index in [1.807, 2.05) is 0 Å². The number of benzene rings is 1. The van der Waals surface area contributed by atoms with E-state index >= 15 is 0 Å². The van der Waals surface area contributed by atoms with Crippen LogP contribution in [0.1, 0.15) is 11.7 Å². The highest BCUT2D eigenvalue weighted by atomic mass is 19.4. The number of ether oxygens (including phenoxy) is 1. The fraction of sp³-hybridized carbons (Fsp3) is 0.538. The molecule has 1 aliphatic heterocycles. The van der Waals surface area contributed by atoms with Crippen molar-refractivity contribution >= 4 is 0 Å². The van der Waals surface area contributed by atoms with Gasteiger partial charge in [0.1, 0.15) is 0 Å². The Hall–Kier alpha value is -1.25. The number of halogens is 5. The third kappa shape index (κ3) is 4.12. The lowest BCUT2D eigenvalue weighted by molar-refractivity contribution is -0.211. The largest absolute Gasteiger partial charge is 0.415 e. The molecule has 1 heterocycles. The Kier molecular flexibility index (Phi) is 4.80. The minimum Gasteiger partial charge on any atom is -0.382 e. The standard InChI is InChI=1S/C13H14F5NO2/c14-9-2-1-8(5-10(9)15)11-6-19(3-4-21-11)7-12(20)13(16,17)18/h1-2,5,11-12,20H,3-4,6-7H2/t11?,12-/m0/s1. The van der Waals surface area contributed by atoms with Gasteiger partial charge in [0.15, 0.2) is 17.7 Å². The second-order valence-corrected chi connectivity index (χ2v) is 4.85. The fourth-order valence-corrected chi connectivity index (χ4v) is 2.13. The van der Waals surface area contributed by atoms with E-state index in [0.29, 0.717) is 5.56 Å². The molecule has 1 fully saturated rings. The predicted molar refractivity (Wildman–Crippen MR) is 63.6 cm³/mol. The van der Waals surface area contributed by atoms with Crippen LogP contribution in [0.4, 0.5) is 22.0 Å². The van der Waals surface area contributed by atoms with Crippen LogP contribution in [0.25, 0.3) is 0 Å². The van der Waals surface area contributed by atoms with E-state index in [9.17, 15) is 22.0 Å². The van der Waals surface area contributed by atoms with Crippen LogP contribution in [-0.4, -0.2) is 48.5 Å². The number of aliphatic hydroxyl groups is 1. The second-order valence-electron chi connectivity index (χ2n) is 4.85. The van der Waals surface area contributed by atoms with E-state index in [1.54, 1.807) is 0 Å². The van der Waals surface area contributed by atoms with Crippen LogP contribution in [0.15, 0.2) is 18.2 Å². The first kappa shape index (κ1) is 16.1. The summed E-state index contributed by atoms with van der Waals surface area (Å²) in [4.78, 5) is 1.38. The molecule has 0 aliphatic carbocycles. The van der Waals surface area contributed by atoms with Crippen molar-refractivity contribution in [2.75, 3.05) is 26.2 Å². The number of nitrogens with zero attached hydrogens (tertiary/aromatic N) is 1. The Morgan fingerprint density at radius 1 is 1.29 bits per heavy atom. The molecule has 8 heteroatoms. The van der Waals surface area contributed by atoms with Gasteiger partial charge in [-0.05, 0) is 17.7 Å². The normalized spacial score (nSPS) is 22.3. The predicted octanol–water partition coefficient (Wildman–Crippen LogP) is 2.26. The molecule has 1 N–H and O–H groups in total. The smallest absolute Gasteiger partial charge is 0.382 e. The molecule has 3 nitrogen and oxygen atoms in total. The van der Waals surface area contributed by atoms with Crippen LogP contribution >= 0.6 is 0 Å². The molecule has 118 valence electrons. The van der Waals surface area contributed by atoms with Crippen molar-refractivity contribution < 1.29 is 31.8 Å². The van der Waals surface area contributed by atoms with Crippen LogP contribution < -0.4 is 0 Å². The zero-order chi connectivity index (χ0) is 15.6. The molecular weight excluding hydrogens is 297 g/mol. The van der Waals surface area contributed by atoms with Gasteiger partial charge in [0.05, 0.1) is 12.7 Å². The minimum absolute atomic E-state index is 0.0677. The number of β-amino-alcohol motifs (C(OH)–C–C–N with tert-alkyl or cyclic N) is 1. The molecule has 0 aromatic heterocycles. The van der Waals surface area contributed by atoms with Gasteiger partial charge in [0, 0.05) is 19.6 Å². The fourth-order valence-electron chi connectivity index (χ4n) is 2.13. The number of hydrogen-bond acceptors (Lipinski definition) is 3. The molecule has 1 aromatic rings. The molecule has 21 heavy (non-hydrogen) atoms. The van der Waals surface area contributed by atoms with Gasteiger partial charge >= 0.3 is 6.18 Å². The van der Waals surface area contributed by atoms with Crippen molar-refractivity contribution in [3.8, 4) is 0 Å². The molecule has 1 aromatic carbocycles. The van der Waals surface area contributed by atoms with Gasteiger partial charge in [-0.3, -0.25) is 4.90 Å². The van der Waals surface area contributed by atoms with Crippen molar-refractivity contribution in [3.05, 3.63) is 35.4 Å². The minimum atomic E-state index is -4.68. The molecule has 2 rings (SSSR count). The molecule has 0 saturated carbocycles.